The number of hydrogen-bond acceptors (Lipinski definition) is 4. The molecule has 0 spiro atoms. The van der Waals surface area contributed by atoms with Crippen LogP contribution in [0.5, 0.6) is 0 Å². The van der Waals surface area contributed by atoms with Crippen LogP contribution in [0.25, 0.3) is 0 Å². The molecule has 20 heavy (non-hydrogen) atoms. The number of carbonyl (C=O) groups is 1. The van der Waals surface area contributed by atoms with E-state index >= 15 is 0 Å². The first-order chi connectivity index (χ1) is 9.46. The van der Waals surface area contributed by atoms with Crippen LogP contribution in [-0.2, 0) is 0 Å². The Kier molecular flexibility index (Phi) is 4.48. The molecule has 1 aliphatic rings. The molecule has 1 amide bonds. The molecule has 0 aromatic carbocycles. The second kappa shape index (κ2) is 5.96. The van der Waals surface area contributed by atoms with Crippen LogP contribution in [0.4, 0.5) is 0 Å². The molecule has 0 unspecified atom stereocenters. The minimum Gasteiger partial charge on any atom is -0.334 e. The van der Waals surface area contributed by atoms with E-state index in [4.69, 9.17) is 23.2 Å². The molecule has 0 saturated carbocycles. The third-order valence-electron chi connectivity index (χ3n) is 3.47. The Morgan fingerprint density at radius 3 is 2.75 bits per heavy atom. The number of carbonyl (C=O) groups excluding carboxylic acids is 1. The summed E-state index contributed by atoms with van der Waals surface area (Å²) in [6.07, 6.45) is 2.50. The number of hydrogen-bond donors (Lipinski definition) is 1. The predicted molar refractivity (Wildman–Crippen MR) is 76.8 cm³/mol. The maximum atomic E-state index is 12.3. The number of piperidine rings is 1. The molecule has 1 saturated heterocycles. The third kappa shape index (κ3) is 3.21. The van der Waals surface area contributed by atoms with Crippen LogP contribution < -0.4 is 5.32 Å². The summed E-state index contributed by atoms with van der Waals surface area (Å²) in [6.45, 7) is 1.53. The molecule has 2 heterocycles. The van der Waals surface area contributed by atoms with Crippen LogP contribution in [0.15, 0.2) is 12.3 Å². The minimum atomic E-state index is -0.845. The van der Waals surface area contributed by atoms with E-state index in [-0.39, 0.29) is 15.7 Å². The van der Waals surface area contributed by atoms with Crippen molar-refractivity contribution < 1.29 is 4.79 Å². The molecule has 0 aliphatic carbocycles. The number of nitrogens with zero attached hydrogens (tertiary/aromatic N) is 3. The minimum absolute atomic E-state index is 0.189. The topological polar surface area (TPSA) is 69.0 Å². The van der Waals surface area contributed by atoms with E-state index in [1.54, 1.807) is 0 Å². The fourth-order valence-electron chi connectivity index (χ4n) is 2.14. The molecule has 1 fully saturated rings. The van der Waals surface area contributed by atoms with E-state index in [0.29, 0.717) is 12.8 Å². The van der Waals surface area contributed by atoms with Crippen LogP contribution in [0.1, 0.15) is 23.2 Å². The van der Waals surface area contributed by atoms with Crippen molar-refractivity contribution in [3.63, 3.8) is 0 Å². The van der Waals surface area contributed by atoms with Crippen molar-refractivity contribution >= 4 is 29.1 Å². The first-order valence-corrected chi connectivity index (χ1v) is 6.95. The molecule has 0 bridgehead atoms. The van der Waals surface area contributed by atoms with Crippen molar-refractivity contribution in [3.8, 4) is 6.07 Å². The van der Waals surface area contributed by atoms with Crippen molar-refractivity contribution in [1.29, 1.82) is 5.26 Å². The number of halogens is 2. The highest BCUT2D eigenvalue weighted by atomic mass is 35.5. The molecule has 1 aliphatic heterocycles. The average molecular weight is 313 g/mol. The fourth-order valence-corrected chi connectivity index (χ4v) is 2.48. The smallest absolute Gasteiger partial charge is 0.254 e. The normalized spacial score (nSPS) is 18.3. The number of nitriles is 1. The molecule has 2 rings (SSSR count). The van der Waals surface area contributed by atoms with Gasteiger partial charge in [0.2, 0.25) is 0 Å². The Morgan fingerprint density at radius 2 is 2.15 bits per heavy atom. The van der Waals surface area contributed by atoms with Gasteiger partial charge in [0.25, 0.3) is 5.91 Å². The second-order valence-corrected chi connectivity index (χ2v) is 5.73. The van der Waals surface area contributed by atoms with Gasteiger partial charge in [-0.2, -0.15) is 5.26 Å². The summed E-state index contributed by atoms with van der Waals surface area (Å²) in [7, 11) is 1.99. The number of rotatable bonds is 2. The summed E-state index contributed by atoms with van der Waals surface area (Å²) in [5, 5.41) is 12.6. The lowest BCUT2D eigenvalue weighted by molar-refractivity contribution is 0.0882. The quantitative estimate of drug-likeness (QED) is 0.849. The first kappa shape index (κ1) is 15.0. The van der Waals surface area contributed by atoms with Gasteiger partial charge < -0.3 is 10.2 Å². The number of amides is 1. The summed E-state index contributed by atoms with van der Waals surface area (Å²) < 4.78 is 0. The maximum Gasteiger partial charge on any atom is 0.254 e. The summed E-state index contributed by atoms with van der Waals surface area (Å²) in [6, 6.07) is 3.62. The van der Waals surface area contributed by atoms with Gasteiger partial charge in [0.05, 0.1) is 16.7 Å². The lowest BCUT2D eigenvalue weighted by atomic mass is 9.89. The van der Waals surface area contributed by atoms with Crippen LogP contribution in [0.2, 0.25) is 10.2 Å². The standard InChI is InChI=1S/C13H14Cl2N4O/c1-19-4-2-13(8-16,3-5-19)18-12(20)9-6-11(15)17-7-10(9)14/h6-7H,2-5H2,1H3,(H,18,20). The Balaban J connectivity index is 2.18. The largest absolute Gasteiger partial charge is 0.334 e. The number of aromatic nitrogens is 1. The monoisotopic (exact) mass is 312 g/mol. The molecule has 0 radical (unpaired) electrons. The summed E-state index contributed by atoms with van der Waals surface area (Å²) in [5.41, 5.74) is -0.608. The van der Waals surface area contributed by atoms with Crippen LogP contribution >= 0.6 is 23.2 Å². The first-order valence-electron chi connectivity index (χ1n) is 6.19. The van der Waals surface area contributed by atoms with E-state index in [1.165, 1.54) is 12.3 Å². The van der Waals surface area contributed by atoms with Gasteiger partial charge in [0.15, 0.2) is 0 Å². The Labute approximate surface area is 127 Å². The van der Waals surface area contributed by atoms with E-state index in [1.807, 2.05) is 7.05 Å². The zero-order valence-corrected chi connectivity index (χ0v) is 12.5. The molecule has 5 nitrogen and oxygen atoms in total. The SMILES string of the molecule is CN1CCC(C#N)(NC(=O)c2cc(Cl)ncc2Cl)CC1. The molecule has 0 atom stereocenters. The molecule has 1 aromatic rings. The maximum absolute atomic E-state index is 12.3. The summed E-state index contributed by atoms with van der Waals surface area (Å²) >= 11 is 11.7. The van der Waals surface area contributed by atoms with E-state index in [2.05, 4.69) is 21.3 Å². The van der Waals surface area contributed by atoms with Gasteiger partial charge in [-0.25, -0.2) is 4.98 Å². The Bertz CT molecular complexity index is 562. The average Bonchev–Trinajstić information content (AvgIpc) is 2.44. The van der Waals surface area contributed by atoms with E-state index in [0.717, 1.165) is 13.1 Å². The van der Waals surface area contributed by atoms with Crippen LogP contribution in [0.3, 0.4) is 0 Å². The zero-order chi connectivity index (χ0) is 14.8. The van der Waals surface area contributed by atoms with Gasteiger partial charge in [-0.15, -0.1) is 0 Å². The van der Waals surface area contributed by atoms with Crippen LogP contribution in [0, 0.1) is 11.3 Å². The lowest BCUT2D eigenvalue weighted by Crippen LogP contribution is -2.53. The molecule has 7 heteroatoms. The number of pyridine rings is 1. The molecular weight excluding hydrogens is 299 g/mol. The fraction of sp³-hybridized carbons (Fsp3) is 0.462. The molecular formula is C13H14Cl2N4O. The Morgan fingerprint density at radius 1 is 1.50 bits per heavy atom. The highest BCUT2D eigenvalue weighted by Crippen LogP contribution is 2.23. The van der Waals surface area contributed by atoms with Gasteiger partial charge in [-0.1, -0.05) is 23.2 Å². The lowest BCUT2D eigenvalue weighted by Gasteiger charge is -2.36. The summed E-state index contributed by atoms with van der Waals surface area (Å²) in [4.78, 5) is 18.2. The number of likely N-dealkylation sites (tertiary alicyclic amines) is 1. The van der Waals surface area contributed by atoms with Gasteiger partial charge in [0.1, 0.15) is 10.7 Å². The third-order valence-corrected chi connectivity index (χ3v) is 3.98. The van der Waals surface area contributed by atoms with Gasteiger partial charge in [-0.3, -0.25) is 4.79 Å². The van der Waals surface area contributed by atoms with Gasteiger partial charge >= 0.3 is 0 Å². The highest BCUT2D eigenvalue weighted by Gasteiger charge is 2.35. The van der Waals surface area contributed by atoms with Crippen molar-refractivity contribution in [2.45, 2.75) is 18.4 Å². The molecule has 106 valence electrons. The second-order valence-electron chi connectivity index (χ2n) is 4.94. The van der Waals surface area contributed by atoms with Crippen molar-refractivity contribution in [3.05, 3.63) is 28.0 Å². The summed E-state index contributed by atoms with van der Waals surface area (Å²) in [5.74, 6) is -0.398. The molecule has 1 N–H and O–H groups in total. The predicted octanol–water partition coefficient (Wildman–Crippen LogP) is 2.11. The molecule has 1 aromatic heterocycles. The Hall–Kier alpha value is -1.35. The number of nitrogens with one attached hydrogen (secondary N) is 1. The highest BCUT2D eigenvalue weighted by molar-refractivity contribution is 6.35. The van der Waals surface area contributed by atoms with Crippen molar-refractivity contribution in [2.75, 3.05) is 20.1 Å². The zero-order valence-electron chi connectivity index (χ0n) is 11.0. The van der Waals surface area contributed by atoms with E-state index < -0.39 is 11.4 Å². The van der Waals surface area contributed by atoms with Crippen molar-refractivity contribution in [2.24, 2.45) is 0 Å². The van der Waals surface area contributed by atoms with Crippen molar-refractivity contribution in [1.82, 2.24) is 15.2 Å². The van der Waals surface area contributed by atoms with Gasteiger partial charge in [0, 0.05) is 19.3 Å². The van der Waals surface area contributed by atoms with Crippen LogP contribution in [-0.4, -0.2) is 41.5 Å². The van der Waals surface area contributed by atoms with Gasteiger partial charge in [-0.05, 0) is 26.0 Å². The van der Waals surface area contributed by atoms with E-state index in [9.17, 15) is 10.1 Å².